The van der Waals surface area contributed by atoms with E-state index in [1.165, 1.54) is 11.5 Å². The van der Waals surface area contributed by atoms with Gasteiger partial charge in [-0.3, -0.25) is 0 Å². The van der Waals surface area contributed by atoms with Crippen LogP contribution < -0.4 is 0 Å². The van der Waals surface area contributed by atoms with Gasteiger partial charge in [0.25, 0.3) is 0 Å². The maximum atomic E-state index is 8.65. The molecule has 1 aromatic heterocycles. The van der Waals surface area contributed by atoms with E-state index in [1.807, 2.05) is 12.3 Å². The number of nitriles is 1. The number of ether oxygens (including phenoxy) is 1. The lowest BCUT2D eigenvalue weighted by Crippen LogP contribution is -2.22. The monoisotopic (exact) mass is 209 g/mol. The second-order valence-electron chi connectivity index (χ2n) is 3.76. The van der Waals surface area contributed by atoms with Crippen molar-refractivity contribution in [3.05, 3.63) is 11.1 Å². The summed E-state index contributed by atoms with van der Waals surface area (Å²) in [5.74, 6) is 0. The van der Waals surface area contributed by atoms with Crippen LogP contribution in [-0.4, -0.2) is 15.2 Å². The van der Waals surface area contributed by atoms with Crippen LogP contribution in [0.3, 0.4) is 0 Å². The third-order valence-corrected chi connectivity index (χ3v) is 3.04. The zero-order chi connectivity index (χ0) is 10.0. The van der Waals surface area contributed by atoms with Crippen LogP contribution >= 0.6 is 11.5 Å². The van der Waals surface area contributed by atoms with Crippen molar-refractivity contribution in [1.82, 2.24) is 9.59 Å². The third-order valence-electron chi connectivity index (χ3n) is 2.52. The molecule has 1 aliphatic rings. The highest BCUT2D eigenvalue weighted by Gasteiger charge is 2.37. The van der Waals surface area contributed by atoms with Crippen LogP contribution in [0.5, 0.6) is 0 Å². The summed E-state index contributed by atoms with van der Waals surface area (Å²) in [6, 6.07) is 2.16. The lowest BCUT2D eigenvalue weighted by Gasteiger charge is -2.20. The lowest BCUT2D eigenvalue weighted by atomic mass is 9.99. The van der Waals surface area contributed by atoms with Crippen molar-refractivity contribution in [1.29, 1.82) is 5.26 Å². The first kappa shape index (κ1) is 9.56. The van der Waals surface area contributed by atoms with Crippen LogP contribution in [0, 0.1) is 11.3 Å². The Morgan fingerprint density at radius 1 is 1.86 bits per heavy atom. The van der Waals surface area contributed by atoms with Crippen molar-refractivity contribution < 1.29 is 4.74 Å². The first-order chi connectivity index (χ1) is 6.73. The molecule has 1 aromatic rings. The van der Waals surface area contributed by atoms with E-state index in [4.69, 9.17) is 10.00 Å². The molecule has 0 saturated carbocycles. The fraction of sp³-hybridized carbons (Fsp3) is 0.667. The first-order valence-electron chi connectivity index (χ1n) is 4.55. The van der Waals surface area contributed by atoms with E-state index in [-0.39, 0.29) is 11.7 Å². The van der Waals surface area contributed by atoms with Gasteiger partial charge in [0.15, 0.2) is 0 Å². The summed E-state index contributed by atoms with van der Waals surface area (Å²) in [7, 11) is 0. The Balaban J connectivity index is 2.05. The van der Waals surface area contributed by atoms with Crippen molar-refractivity contribution in [3.63, 3.8) is 0 Å². The second-order valence-corrected chi connectivity index (χ2v) is 4.37. The van der Waals surface area contributed by atoms with Gasteiger partial charge in [0.2, 0.25) is 0 Å². The molecule has 0 N–H and O–H groups in total. The van der Waals surface area contributed by atoms with Gasteiger partial charge in [0.1, 0.15) is 11.8 Å². The summed E-state index contributed by atoms with van der Waals surface area (Å²) in [4.78, 5) is 0. The quantitative estimate of drug-likeness (QED) is 0.748. The molecule has 2 unspecified atom stereocenters. The number of rotatable bonds is 2. The van der Waals surface area contributed by atoms with Gasteiger partial charge in [0, 0.05) is 5.38 Å². The van der Waals surface area contributed by atoms with Crippen LogP contribution in [0.4, 0.5) is 0 Å². The Morgan fingerprint density at radius 2 is 2.71 bits per heavy atom. The fourth-order valence-corrected chi connectivity index (χ4v) is 2.21. The van der Waals surface area contributed by atoms with Crippen molar-refractivity contribution >= 4 is 11.5 Å². The molecule has 0 aromatic carbocycles. The molecule has 74 valence electrons. The highest BCUT2D eigenvalue weighted by Crippen LogP contribution is 2.40. The van der Waals surface area contributed by atoms with Crippen LogP contribution in [0.2, 0.25) is 0 Å². The molecule has 2 rings (SSSR count). The van der Waals surface area contributed by atoms with E-state index in [2.05, 4.69) is 15.7 Å². The average molecular weight is 209 g/mol. The summed E-state index contributed by atoms with van der Waals surface area (Å²) >= 11 is 1.33. The van der Waals surface area contributed by atoms with Crippen LogP contribution in [0.25, 0.3) is 0 Å². The van der Waals surface area contributed by atoms with Crippen molar-refractivity contribution in [3.8, 4) is 6.07 Å². The van der Waals surface area contributed by atoms with E-state index in [0.717, 1.165) is 18.5 Å². The Morgan fingerprint density at radius 3 is 3.36 bits per heavy atom. The first-order valence-corrected chi connectivity index (χ1v) is 5.39. The van der Waals surface area contributed by atoms with Gasteiger partial charge in [-0.2, -0.15) is 5.26 Å². The van der Waals surface area contributed by atoms with Crippen molar-refractivity contribution in [2.75, 3.05) is 0 Å². The standard InChI is InChI=1S/C9H11N3OS/c1-9(4-5-10)3-2-8(13-9)7-6-14-12-11-7/h6,8H,2-4H2,1H3. The highest BCUT2D eigenvalue weighted by molar-refractivity contribution is 7.03. The van der Waals surface area contributed by atoms with E-state index in [1.54, 1.807) is 0 Å². The minimum Gasteiger partial charge on any atom is -0.365 e. The SMILES string of the molecule is CC1(CC#N)CCC(c2csnn2)O1. The fourth-order valence-electron chi connectivity index (χ4n) is 1.72. The molecule has 0 radical (unpaired) electrons. The smallest absolute Gasteiger partial charge is 0.104 e. The summed E-state index contributed by atoms with van der Waals surface area (Å²) in [5, 5.41) is 14.5. The minimum atomic E-state index is -0.289. The number of hydrogen-bond donors (Lipinski definition) is 0. The Labute approximate surface area is 86.7 Å². The van der Waals surface area contributed by atoms with Gasteiger partial charge in [-0.1, -0.05) is 4.49 Å². The molecule has 1 saturated heterocycles. The van der Waals surface area contributed by atoms with Crippen molar-refractivity contribution in [2.24, 2.45) is 0 Å². The van der Waals surface area contributed by atoms with E-state index >= 15 is 0 Å². The highest BCUT2D eigenvalue weighted by atomic mass is 32.1. The molecule has 1 fully saturated rings. The molecule has 14 heavy (non-hydrogen) atoms. The molecular formula is C9H11N3OS. The predicted octanol–water partition coefficient (Wildman–Crippen LogP) is 2.06. The third kappa shape index (κ3) is 1.76. The normalized spacial score (nSPS) is 31.6. The minimum absolute atomic E-state index is 0.0344. The predicted molar refractivity (Wildman–Crippen MR) is 51.6 cm³/mol. The van der Waals surface area contributed by atoms with Crippen LogP contribution in [0.1, 0.15) is 38.0 Å². The van der Waals surface area contributed by atoms with Crippen LogP contribution in [0.15, 0.2) is 5.38 Å². The van der Waals surface area contributed by atoms with Gasteiger partial charge < -0.3 is 4.74 Å². The molecule has 4 nitrogen and oxygen atoms in total. The van der Waals surface area contributed by atoms with E-state index in [0.29, 0.717) is 6.42 Å². The molecule has 0 aliphatic carbocycles. The summed E-state index contributed by atoms with van der Waals surface area (Å²) in [6.45, 7) is 1.98. The van der Waals surface area contributed by atoms with Gasteiger partial charge in [0.05, 0.1) is 18.1 Å². The maximum absolute atomic E-state index is 8.65. The largest absolute Gasteiger partial charge is 0.365 e. The summed E-state index contributed by atoms with van der Waals surface area (Å²) in [5.41, 5.74) is 0.611. The van der Waals surface area contributed by atoms with E-state index < -0.39 is 0 Å². The van der Waals surface area contributed by atoms with Crippen LogP contribution in [-0.2, 0) is 4.74 Å². The van der Waals surface area contributed by atoms with Gasteiger partial charge >= 0.3 is 0 Å². The second kappa shape index (κ2) is 3.64. The maximum Gasteiger partial charge on any atom is 0.104 e. The Bertz CT molecular complexity index is 345. The molecule has 2 atom stereocenters. The number of nitrogens with zero attached hydrogens (tertiary/aromatic N) is 3. The molecule has 5 heteroatoms. The van der Waals surface area contributed by atoms with Crippen molar-refractivity contribution in [2.45, 2.75) is 37.9 Å². The Hall–Kier alpha value is -0.990. The lowest BCUT2D eigenvalue weighted by molar-refractivity contribution is -0.0278. The molecule has 1 aliphatic heterocycles. The summed E-state index contributed by atoms with van der Waals surface area (Å²) in [6.07, 6.45) is 2.33. The Kier molecular flexibility index (Phi) is 2.48. The molecule has 0 amide bonds. The summed E-state index contributed by atoms with van der Waals surface area (Å²) < 4.78 is 9.62. The van der Waals surface area contributed by atoms with Gasteiger partial charge in [-0.25, -0.2) is 0 Å². The zero-order valence-corrected chi connectivity index (χ0v) is 8.75. The van der Waals surface area contributed by atoms with E-state index in [9.17, 15) is 0 Å². The number of aromatic nitrogens is 2. The number of hydrogen-bond acceptors (Lipinski definition) is 5. The topological polar surface area (TPSA) is 58.8 Å². The average Bonchev–Trinajstić information content (AvgIpc) is 2.73. The molecular weight excluding hydrogens is 198 g/mol. The molecule has 2 heterocycles. The van der Waals surface area contributed by atoms with Gasteiger partial charge in [-0.05, 0) is 31.3 Å². The molecule has 0 bridgehead atoms. The molecule has 0 spiro atoms. The van der Waals surface area contributed by atoms with Gasteiger partial charge in [-0.15, -0.1) is 5.10 Å². The zero-order valence-electron chi connectivity index (χ0n) is 7.93.